The van der Waals surface area contributed by atoms with Crippen LogP contribution in [0.4, 0.5) is 0 Å². The number of carbonyl (C=O) groups is 1. The van der Waals surface area contributed by atoms with Gasteiger partial charge < -0.3 is 4.74 Å². The number of benzene rings is 3. The molecule has 0 unspecified atom stereocenters. The molecule has 0 aliphatic rings. The normalized spacial score (nSPS) is 10.5. The molecule has 0 aliphatic heterocycles. The van der Waals surface area contributed by atoms with Crippen LogP contribution in [0.3, 0.4) is 0 Å². The average Bonchev–Trinajstić information content (AvgIpc) is 2.54. The number of carbonyl (C=O) groups excluding carboxylic acids is 1. The molecule has 0 heterocycles. The van der Waals surface area contributed by atoms with Crippen molar-refractivity contribution in [3.8, 4) is 11.1 Å². The Kier molecular flexibility index (Phi) is 3.69. The summed E-state index contributed by atoms with van der Waals surface area (Å²) in [6.45, 7) is 2.20. The average molecular weight is 276 g/mol. The number of hydrogen-bond donors (Lipinski definition) is 0. The lowest BCUT2D eigenvalue weighted by Gasteiger charge is -2.11. The van der Waals surface area contributed by atoms with Crippen molar-refractivity contribution in [2.24, 2.45) is 0 Å². The van der Waals surface area contributed by atoms with E-state index in [1.54, 1.807) is 0 Å². The van der Waals surface area contributed by atoms with Crippen LogP contribution in [0.15, 0.2) is 66.7 Å². The Morgan fingerprint density at radius 3 is 2.38 bits per heavy atom. The van der Waals surface area contributed by atoms with Gasteiger partial charge in [-0.1, -0.05) is 60.7 Å². The zero-order valence-corrected chi connectivity index (χ0v) is 11.9. The second kappa shape index (κ2) is 5.80. The largest absolute Gasteiger partial charge is 0.462 e. The molecule has 2 heteroatoms. The summed E-state index contributed by atoms with van der Waals surface area (Å²) in [4.78, 5) is 12.2. The van der Waals surface area contributed by atoms with Crippen LogP contribution >= 0.6 is 0 Å². The van der Waals surface area contributed by atoms with E-state index < -0.39 is 0 Å². The van der Waals surface area contributed by atoms with Gasteiger partial charge in [-0.2, -0.15) is 0 Å². The van der Waals surface area contributed by atoms with Crippen LogP contribution in [0.5, 0.6) is 0 Å². The second-order valence-electron chi connectivity index (χ2n) is 4.79. The quantitative estimate of drug-likeness (QED) is 0.649. The predicted octanol–water partition coefficient (Wildman–Crippen LogP) is 4.68. The van der Waals surface area contributed by atoms with E-state index in [4.69, 9.17) is 4.74 Å². The molecule has 104 valence electrons. The van der Waals surface area contributed by atoms with Crippen LogP contribution in [0.25, 0.3) is 21.9 Å². The molecular formula is C19H16O2. The predicted molar refractivity (Wildman–Crippen MR) is 85.3 cm³/mol. The molecule has 0 spiro atoms. The molecule has 0 atom stereocenters. The molecule has 0 aliphatic carbocycles. The minimum absolute atomic E-state index is 0.277. The van der Waals surface area contributed by atoms with E-state index >= 15 is 0 Å². The lowest BCUT2D eigenvalue weighted by atomic mass is 9.95. The van der Waals surface area contributed by atoms with Crippen molar-refractivity contribution < 1.29 is 9.53 Å². The van der Waals surface area contributed by atoms with Gasteiger partial charge in [-0.05, 0) is 34.9 Å². The molecule has 0 aromatic heterocycles. The Labute approximate surface area is 124 Å². The summed E-state index contributed by atoms with van der Waals surface area (Å²) >= 11 is 0. The minimum Gasteiger partial charge on any atom is -0.462 e. The molecule has 0 radical (unpaired) electrons. The molecule has 0 saturated heterocycles. The fraction of sp³-hybridized carbons (Fsp3) is 0.105. The lowest BCUT2D eigenvalue weighted by molar-refractivity contribution is 0.0527. The maximum absolute atomic E-state index is 12.2. The van der Waals surface area contributed by atoms with Crippen molar-refractivity contribution in [3.63, 3.8) is 0 Å². The Balaban J connectivity index is 2.22. The van der Waals surface area contributed by atoms with Crippen molar-refractivity contribution in [2.75, 3.05) is 6.61 Å². The summed E-state index contributed by atoms with van der Waals surface area (Å²) in [6.07, 6.45) is 0. The third-order valence-electron chi connectivity index (χ3n) is 3.50. The molecule has 2 nitrogen and oxygen atoms in total. The van der Waals surface area contributed by atoms with Gasteiger partial charge in [-0.25, -0.2) is 4.79 Å². The maximum atomic E-state index is 12.2. The highest BCUT2D eigenvalue weighted by atomic mass is 16.5. The molecule has 0 N–H and O–H groups in total. The first-order valence-electron chi connectivity index (χ1n) is 7.05. The van der Waals surface area contributed by atoms with Gasteiger partial charge in [0.25, 0.3) is 0 Å². The summed E-state index contributed by atoms with van der Waals surface area (Å²) in [5.41, 5.74) is 2.57. The maximum Gasteiger partial charge on any atom is 0.338 e. The SMILES string of the molecule is CCOC(=O)c1ccccc1-c1cccc2ccccc12. The summed E-state index contributed by atoms with van der Waals surface area (Å²) < 4.78 is 5.16. The Bertz CT molecular complexity index is 785. The zero-order valence-electron chi connectivity index (χ0n) is 11.9. The Hall–Kier alpha value is -2.61. The molecule has 0 fully saturated rings. The van der Waals surface area contributed by atoms with Gasteiger partial charge in [0.15, 0.2) is 0 Å². The first-order chi connectivity index (χ1) is 10.3. The van der Waals surface area contributed by atoms with E-state index in [9.17, 15) is 4.79 Å². The van der Waals surface area contributed by atoms with Crippen molar-refractivity contribution in [2.45, 2.75) is 6.92 Å². The Morgan fingerprint density at radius 1 is 0.857 bits per heavy atom. The van der Waals surface area contributed by atoms with Crippen LogP contribution in [0.2, 0.25) is 0 Å². The highest BCUT2D eigenvalue weighted by molar-refractivity contribution is 6.04. The van der Waals surface area contributed by atoms with Gasteiger partial charge in [0.1, 0.15) is 0 Å². The third kappa shape index (κ3) is 2.52. The van der Waals surface area contributed by atoms with E-state index in [-0.39, 0.29) is 5.97 Å². The van der Waals surface area contributed by atoms with E-state index in [0.717, 1.165) is 21.9 Å². The molecule has 0 bridgehead atoms. The zero-order chi connectivity index (χ0) is 14.7. The summed E-state index contributed by atoms with van der Waals surface area (Å²) in [7, 11) is 0. The van der Waals surface area contributed by atoms with Gasteiger partial charge in [-0.3, -0.25) is 0 Å². The molecule has 0 amide bonds. The van der Waals surface area contributed by atoms with Crippen molar-refractivity contribution in [3.05, 3.63) is 72.3 Å². The summed E-state index contributed by atoms with van der Waals surface area (Å²) in [6, 6.07) is 21.9. The van der Waals surface area contributed by atoms with Crippen LogP contribution in [0.1, 0.15) is 17.3 Å². The van der Waals surface area contributed by atoms with Gasteiger partial charge >= 0.3 is 5.97 Å². The topological polar surface area (TPSA) is 26.3 Å². The number of hydrogen-bond acceptors (Lipinski definition) is 2. The number of ether oxygens (including phenoxy) is 1. The van der Waals surface area contributed by atoms with Gasteiger partial charge in [0.05, 0.1) is 12.2 Å². The summed E-state index contributed by atoms with van der Waals surface area (Å²) in [5.74, 6) is -0.277. The molecule has 3 aromatic rings. The number of rotatable bonds is 3. The minimum atomic E-state index is -0.277. The van der Waals surface area contributed by atoms with Crippen LogP contribution in [0, 0.1) is 0 Å². The molecule has 21 heavy (non-hydrogen) atoms. The van der Waals surface area contributed by atoms with E-state index in [0.29, 0.717) is 12.2 Å². The monoisotopic (exact) mass is 276 g/mol. The fourth-order valence-corrected chi connectivity index (χ4v) is 2.57. The summed E-state index contributed by atoms with van der Waals surface area (Å²) in [5, 5.41) is 2.30. The molecule has 0 saturated carbocycles. The van der Waals surface area contributed by atoms with Gasteiger partial charge in [0.2, 0.25) is 0 Å². The first-order valence-corrected chi connectivity index (χ1v) is 7.05. The highest BCUT2D eigenvalue weighted by Gasteiger charge is 2.14. The number of esters is 1. The lowest BCUT2D eigenvalue weighted by Crippen LogP contribution is -2.06. The standard InChI is InChI=1S/C19H16O2/c1-2-21-19(20)18-12-6-5-11-17(18)16-13-7-9-14-8-3-4-10-15(14)16/h3-13H,2H2,1H3. The third-order valence-corrected chi connectivity index (χ3v) is 3.50. The molecule has 3 rings (SSSR count). The second-order valence-corrected chi connectivity index (χ2v) is 4.79. The smallest absolute Gasteiger partial charge is 0.338 e. The molecular weight excluding hydrogens is 260 g/mol. The Morgan fingerprint density at radius 2 is 1.52 bits per heavy atom. The molecule has 3 aromatic carbocycles. The van der Waals surface area contributed by atoms with Crippen molar-refractivity contribution in [1.82, 2.24) is 0 Å². The van der Waals surface area contributed by atoms with E-state index in [2.05, 4.69) is 18.2 Å². The van der Waals surface area contributed by atoms with Crippen molar-refractivity contribution >= 4 is 16.7 Å². The van der Waals surface area contributed by atoms with Gasteiger partial charge in [0, 0.05) is 0 Å². The van der Waals surface area contributed by atoms with Gasteiger partial charge in [-0.15, -0.1) is 0 Å². The van der Waals surface area contributed by atoms with Crippen molar-refractivity contribution in [1.29, 1.82) is 0 Å². The fourth-order valence-electron chi connectivity index (χ4n) is 2.57. The van der Waals surface area contributed by atoms with Crippen LogP contribution in [-0.4, -0.2) is 12.6 Å². The van der Waals surface area contributed by atoms with Crippen LogP contribution < -0.4 is 0 Å². The van der Waals surface area contributed by atoms with Crippen LogP contribution in [-0.2, 0) is 4.74 Å². The van der Waals surface area contributed by atoms with E-state index in [1.807, 2.05) is 55.5 Å². The first kappa shape index (κ1) is 13.4. The highest BCUT2D eigenvalue weighted by Crippen LogP contribution is 2.31. The number of fused-ring (bicyclic) bond motifs is 1. The van der Waals surface area contributed by atoms with E-state index in [1.165, 1.54) is 0 Å².